The van der Waals surface area contributed by atoms with E-state index in [0.29, 0.717) is 12.0 Å². The van der Waals surface area contributed by atoms with Gasteiger partial charge in [0.1, 0.15) is 0 Å². The van der Waals surface area contributed by atoms with Crippen molar-refractivity contribution in [2.75, 3.05) is 26.4 Å². The predicted molar refractivity (Wildman–Crippen MR) is 80.0 cm³/mol. The van der Waals surface area contributed by atoms with E-state index in [4.69, 9.17) is 5.73 Å². The van der Waals surface area contributed by atoms with Gasteiger partial charge in [0.2, 0.25) is 0 Å². The van der Waals surface area contributed by atoms with Gasteiger partial charge >= 0.3 is 0 Å². The lowest BCUT2D eigenvalue weighted by molar-refractivity contribution is 0.196. The zero-order valence-electron chi connectivity index (χ0n) is 11.4. The number of nitrogens with two attached hydrogens (primary N) is 1. The van der Waals surface area contributed by atoms with Crippen molar-refractivity contribution in [3.8, 4) is 0 Å². The van der Waals surface area contributed by atoms with Crippen molar-refractivity contribution in [3.05, 3.63) is 29.8 Å². The van der Waals surface area contributed by atoms with Crippen molar-refractivity contribution in [1.82, 2.24) is 4.90 Å². The third-order valence-corrected chi connectivity index (χ3v) is 4.76. The van der Waals surface area contributed by atoms with Crippen molar-refractivity contribution in [3.63, 3.8) is 0 Å². The van der Waals surface area contributed by atoms with Gasteiger partial charge in [-0.3, -0.25) is 4.90 Å². The molecule has 100 valence electrons. The molecular weight excluding hydrogens is 240 g/mol. The van der Waals surface area contributed by atoms with E-state index >= 15 is 0 Å². The topological polar surface area (TPSA) is 29.3 Å². The normalized spacial score (nSPS) is 25.9. The average Bonchev–Trinajstić information content (AvgIpc) is 2.60. The van der Waals surface area contributed by atoms with Gasteiger partial charge in [0.25, 0.3) is 0 Å². The number of rotatable bonds is 3. The third-order valence-electron chi connectivity index (χ3n) is 4.02. The molecule has 0 aromatic heterocycles. The summed E-state index contributed by atoms with van der Waals surface area (Å²) in [7, 11) is 2.24. The Morgan fingerprint density at radius 2 is 2.00 bits per heavy atom. The Kier molecular flexibility index (Phi) is 5.10. The molecule has 0 saturated carbocycles. The highest BCUT2D eigenvalue weighted by Crippen LogP contribution is 2.34. The van der Waals surface area contributed by atoms with Crippen LogP contribution in [0.3, 0.4) is 0 Å². The molecule has 1 fully saturated rings. The summed E-state index contributed by atoms with van der Waals surface area (Å²) in [5.41, 5.74) is 7.41. The fourth-order valence-corrected chi connectivity index (χ4v) is 3.41. The minimum atomic E-state index is 0.494. The van der Waals surface area contributed by atoms with E-state index in [1.807, 2.05) is 0 Å². The SMILES string of the molecule is CSc1ccc(C2C(CN)CCCCN2C)cc1. The van der Waals surface area contributed by atoms with Crippen LogP contribution in [0.1, 0.15) is 30.9 Å². The van der Waals surface area contributed by atoms with Crippen LogP contribution in [-0.4, -0.2) is 31.3 Å². The molecule has 1 saturated heterocycles. The number of thioether (sulfide) groups is 1. The first kappa shape index (κ1) is 13.9. The molecule has 0 bridgehead atoms. The molecule has 0 radical (unpaired) electrons. The van der Waals surface area contributed by atoms with Crippen molar-refractivity contribution in [2.45, 2.75) is 30.2 Å². The summed E-state index contributed by atoms with van der Waals surface area (Å²) < 4.78 is 0. The molecule has 1 aromatic carbocycles. The molecule has 2 N–H and O–H groups in total. The number of likely N-dealkylation sites (tertiary alicyclic amines) is 1. The van der Waals surface area contributed by atoms with Crippen molar-refractivity contribution >= 4 is 11.8 Å². The molecule has 0 spiro atoms. The number of hydrogen-bond acceptors (Lipinski definition) is 3. The lowest BCUT2D eigenvalue weighted by atomic mass is 9.89. The van der Waals surface area contributed by atoms with Gasteiger partial charge in [-0.1, -0.05) is 18.6 Å². The minimum Gasteiger partial charge on any atom is -0.330 e. The second-order valence-electron chi connectivity index (χ2n) is 5.19. The molecule has 2 unspecified atom stereocenters. The van der Waals surface area contributed by atoms with E-state index in [1.165, 1.54) is 36.3 Å². The summed E-state index contributed by atoms with van der Waals surface area (Å²) in [6.07, 6.45) is 5.99. The van der Waals surface area contributed by atoms with Crippen LogP contribution in [0.2, 0.25) is 0 Å². The van der Waals surface area contributed by atoms with E-state index in [-0.39, 0.29) is 0 Å². The molecule has 1 aliphatic rings. The van der Waals surface area contributed by atoms with E-state index < -0.39 is 0 Å². The van der Waals surface area contributed by atoms with Crippen LogP contribution in [0.15, 0.2) is 29.2 Å². The van der Waals surface area contributed by atoms with E-state index in [0.717, 1.165) is 6.54 Å². The first-order valence-corrected chi connectivity index (χ1v) is 8.03. The molecule has 2 rings (SSSR count). The molecule has 2 nitrogen and oxygen atoms in total. The Hall–Kier alpha value is -0.510. The maximum absolute atomic E-state index is 5.99. The largest absolute Gasteiger partial charge is 0.330 e. The van der Waals surface area contributed by atoms with Gasteiger partial charge in [-0.05, 0) is 62.8 Å². The fourth-order valence-electron chi connectivity index (χ4n) is 3.00. The first-order valence-electron chi connectivity index (χ1n) is 6.80. The minimum absolute atomic E-state index is 0.494. The summed E-state index contributed by atoms with van der Waals surface area (Å²) in [5.74, 6) is 0.595. The zero-order valence-corrected chi connectivity index (χ0v) is 12.2. The molecule has 18 heavy (non-hydrogen) atoms. The Labute approximate surface area is 115 Å². The second kappa shape index (κ2) is 6.60. The van der Waals surface area contributed by atoms with Crippen LogP contribution >= 0.6 is 11.8 Å². The molecule has 3 heteroatoms. The molecule has 0 aliphatic carbocycles. The van der Waals surface area contributed by atoms with Gasteiger partial charge in [0.15, 0.2) is 0 Å². The fraction of sp³-hybridized carbons (Fsp3) is 0.600. The van der Waals surface area contributed by atoms with Gasteiger partial charge in [-0.25, -0.2) is 0 Å². The van der Waals surface area contributed by atoms with Crippen LogP contribution in [0.25, 0.3) is 0 Å². The average molecular weight is 264 g/mol. The summed E-state index contributed by atoms with van der Waals surface area (Å²) in [6, 6.07) is 9.51. The lowest BCUT2D eigenvalue weighted by Crippen LogP contribution is -2.32. The summed E-state index contributed by atoms with van der Waals surface area (Å²) >= 11 is 1.80. The summed E-state index contributed by atoms with van der Waals surface area (Å²) in [4.78, 5) is 3.82. The Balaban J connectivity index is 2.24. The molecular formula is C15H24N2S. The highest BCUT2D eigenvalue weighted by Gasteiger charge is 2.27. The monoisotopic (exact) mass is 264 g/mol. The Morgan fingerprint density at radius 3 is 2.61 bits per heavy atom. The Morgan fingerprint density at radius 1 is 1.28 bits per heavy atom. The van der Waals surface area contributed by atoms with Crippen molar-refractivity contribution in [2.24, 2.45) is 11.7 Å². The van der Waals surface area contributed by atoms with Gasteiger partial charge < -0.3 is 5.73 Å². The quantitative estimate of drug-likeness (QED) is 0.850. The smallest absolute Gasteiger partial charge is 0.0385 e. The van der Waals surface area contributed by atoms with Crippen molar-refractivity contribution in [1.29, 1.82) is 0 Å². The Bertz CT molecular complexity index is 363. The molecule has 1 aromatic rings. The summed E-state index contributed by atoms with van der Waals surface area (Å²) in [5, 5.41) is 0. The van der Waals surface area contributed by atoms with Crippen LogP contribution < -0.4 is 5.73 Å². The highest BCUT2D eigenvalue weighted by atomic mass is 32.2. The van der Waals surface area contributed by atoms with Gasteiger partial charge in [0, 0.05) is 10.9 Å². The first-order chi connectivity index (χ1) is 8.76. The van der Waals surface area contributed by atoms with Gasteiger partial charge in [0.05, 0.1) is 0 Å². The molecule has 1 heterocycles. The standard InChI is InChI=1S/C15H24N2S/c1-17-10-4-3-5-13(11-16)15(17)12-6-8-14(18-2)9-7-12/h6-9,13,15H,3-5,10-11,16H2,1-2H3. The van der Waals surface area contributed by atoms with Gasteiger partial charge in [-0.15, -0.1) is 11.8 Å². The molecule has 2 atom stereocenters. The molecule has 0 amide bonds. The number of nitrogens with zero attached hydrogens (tertiary/aromatic N) is 1. The van der Waals surface area contributed by atoms with E-state index in [2.05, 4.69) is 42.5 Å². The zero-order chi connectivity index (χ0) is 13.0. The number of hydrogen-bond donors (Lipinski definition) is 1. The van der Waals surface area contributed by atoms with Crippen molar-refractivity contribution < 1.29 is 0 Å². The van der Waals surface area contributed by atoms with Crippen LogP contribution in [0.5, 0.6) is 0 Å². The lowest BCUT2D eigenvalue weighted by Gasteiger charge is -2.32. The van der Waals surface area contributed by atoms with E-state index in [1.54, 1.807) is 11.8 Å². The third kappa shape index (κ3) is 3.08. The number of benzene rings is 1. The van der Waals surface area contributed by atoms with Crippen LogP contribution in [0, 0.1) is 5.92 Å². The predicted octanol–water partition coefficient (Wildman–Crippen LogP) is 3.14. The molecule has 1 aliphatic heterocycles. The van der Waals surface area contributed by atoms with Crippen LogP contribution in [-0.2, 0) is 0 Å². The van der Waals surface area contributed by atoms with E-state index in [9.17, 15) is 0 Å². The van der Waals surface area contributed by atoms with Crippen LogP contribution in [0.4, 0.5) is 0 Å². The maximum Gasteiger partial charge on any atom is 0.0385 e. The maximum atomic E-state index is 5.99. The summed E-state index contributed by atoms with van der Waals surface area (Å²) in [6.45, 7) is 1.98. The highest BCUT2D eigenvalue weighted by molar-refractivity contribution is 7.98. The second-order valence-corrected chi connectivity index (χ2v) is 6.07. The van der Waals surface area contributed by atoms with Gasteiger partial charge in [-0.2, -0.15) is 0 Å².